The molecule has 8 nitrogen and oxygen atoms in total. The number of rotatable bonds is 6. The maximum Gasteiger partial charge on any atom is 0.324 e. The lowest BCUT2D eigenvalue weighted by atomic mass is 10.0. The van der Waals surface area contributed by atoms with Gasteiger partial charge in [-0.3, -0.25) is 9.69 Å². The molecule has 2 fully saturated rings. The van der Waals surface area contributed by atoms with Crippen molar-refractivity contribution in [1.82, 2.24) is 20.4 Å². The third kappa shape index (κ3) is 3.89. The zero-order valence-electron chi connectivity index (χ0n) is 14.9. The van der Waals surface area contributed by atoms with Gasteiger partial charge in [-0.05, 0) is 30.9 Å². The van der Waals surface area contributed by atoms with Crippen LogP contribution in [-0.4, -0.2) is 67.1 Å². The Labute approximate surface area is 152 Å². The van der Waals surface area contributed by atoms with Crippen LogP contribution in [0, 0.1) is 0 Å². The quantitative estimate of drug-likeness (QED) is 0.740. The van der Waals surface area contributed by atoms with Gasteiger partial charge in [0.05, 0.1) is 13.7 Å². The van der Waals surface area contributed by atoms with Crippen molar-refractivity contribution in [2.45, 2.75) is 25.3 Å². The predicted molar refractivity (Wildman–Crippen MR) is 94.9 cm³/mol. The van der Waals surface area contributed by atoms with Crippen LogP contribution in [0.4, 0.5) is 9.59 Å². The van der Waals surface area contributed by atoms with E-state index in [1.54, 1.807) is 7.11 Å². The van der Waals surface area contributed by atoms with E-state index in [0.29, 0.717) is 6.54 Å². The highest BCUT2D eigenvalue weighted by Crippen LogP contribution is 2.25. The number of amides is 5. The molecule has 0 radical (unpaired) electrons. The summed E-state index contributed by atoms with van der Waals surface area (Å²) in [7, 11) is 1.65. The van der Waals surface area contributed by atoms with Gasteiger partial charge >= 0.3 is 12.1 Å². The highest BCUT2D eigenvalue weighted by molar-refractivity contribution is 6.01. The number of para-hydroxylation sites is 1. The first-order valence-electron chi connectivity index (χ1n) is 8.84. The molecule has 0 aromatic heterocycles. The fourth-order valence-electron chi connectivity index (χ4n) is 3.50. The first-order chi connectivity index (χ1) is 12.6. The third-order valence-corrected chi connectivity index (χ3v) is 4.83. The molecule has 1 aromatic rings. The second-order valence-corrected chi connectivity index (χ2v) is 6.44. The maximum absolute atomic E-state index is 12.5. The number of carbonyl (C=O) groups excluding carboxylic acids is 3. The van der Waals surface area contributed by atoms with E-state index in [2.05, 4.69) is 10.6 Å². The zero-order valence-corrected chi connectivity index (χ0v) is 14.9. The van der Waals surface area contributed by atoms with E-state index < -0.39 is 6.03 Å². The minimum absolute atomic E-state index is 0.0277. The van der Waals surface area contributed by atoms with Crippen LogP contribution in [0.3, 0.4) is 0 Å². The van der Waals surface area contributed by atoms with Gasteiger partial charge in [-0.2, -0.15) is 0 Å². The Morgan fingerprint density at radius 3 is 2.88 bits per heavy atom. The number of urea groups is 2. The largest absolute Gasteiger partial charge is 0.496 e. The lowest BCUT2D eigenvalue weighted by molar-refractivity contribution is -0.124. The van der Waals surface area contributed by atoms with Gasteiger partial charge in [0.1, 0.15) is 5.75 Å². The molecule has 0 saturated carbocycles. The molecule has 0 aliphatic carbocycles. The first-order valence-corrected chi connectivity index (χ1v) is 8.84. The van der Waals surface area contributed by atoms with Crippen molar-refractivity contribution in [2.75, 3.05) is 33.3 Å². The van der Waals surface area contributed by atoms with Crippen molar-refractivity contribution in [1.29, 1.82) is 0 Å². The van der Waals surface area contributed by atoms with Gasteiger partial charge < -0.3 is 20.3 Å². The Hall–Kier alpha value is -2.77. The summed E-state index contributed by atoms with van der Waals surface area (Å²) in [5.74, 6) is 0.567. The molecular formula is C18H24N4O4. The number of carbonyl (C=O) groups is 3. The lowest BCUT2D eigenvalue weighted by Crippen LogP contribution is -2.46. The van der Waals surface area contributed by atoms with Crippen LogP contribution >= 0.6 is 0 Å². The van der Waals surface area contributed by atoms with Crippen molar-refractivity contribution in [3.05, 3.63) is 29.8 Å². The molecule has 1 unspecified atom stereocenters. The van der Waals surface area contributed by atoms with Gasteiger partial charge in [0.25, 0.3) is 0 Å². The molecule has 1 atom stereocenters. The van der Waals surface area contributed by atoms with E-state index in [1.165, 1.54) is 0 Å². The molecule has 3 rings (SSSR count). The summed E-state index contributed by atoms with van der Waals surface area (Å²) in [4.78, 5) is 38.5. The van der Waals surface area contributed by atoms with Crippen molar-refractivity contribution in [2.24, 2.45) is 0 Å². The number of ether oxygens (including phenoxy) is 1. The fourth-order valence-corrected chi connectivity index (χ4v) is 3.50. The Morgan fingerprint density at radius 1 is 1.35 bits per heavy atom. The number of imide groups is 1. The predicted octanol–water partition coefficient (Wildman–Crippen LogP) is 0.964. The van der Waals surface area contributed by atoms with E-state index in [0.717, 1.165) is 35.5 Å². The number of methoxy groups -OCH3 is 1. The summed E-state index contributed by atoms with van der Waals surface area (Å²) in [6, 6.07) is 7.39. The highest BCUT2D eigenvalue weighted by Gasteiger charge is 2.31. The molecule has 1 aromatic carbocycles. The molecule has 2 heterocycles. The van der Waals surface area contributed by atoms with E-state index in [4.69, 9.17) is 4.74 Å². The maximum atomic E-state index is 12.5. The van der Waals surface area contributed by atoms with Crippen molar-refractivity contribution < 1.29 is 19.1 Å². The fraction of sp³-hybridized carbons (Fsp3) is 0.500. The average Bonchev–Trinajstić information content (AvgIpc) is 3.23. The number of likely N-dealkylation sites (tertiary alicyclic amines) is 1. The smallest absolute Gasteiger partial charge is 0.324 e. The number of nitrogens with zero attached hydrogens (tertiary/aromatic N) is 2. The molecule has 2 aliphatic rings. The molecule has 140 valence electrons. The van der Waals surface area contributed by atoms with Crippen LogP contribution in [0.2, 0.25) is 0 Å². The van der Waals surface area contributed by atoms with E-state index >= 15 is 0 Å². The van der Waals surface area contributed by atoms with Crippen molar-refractivity contribution in [3.63, 3.8) is 0 Å². The molecule has 2 saturated heterocycles. The van der Waals surface area contributed by atoms with Crippen LogP contribution in [-0.2, 0) is 11.2 Å². The van der Waals surface area contributed by atoms with Gasteiger partial charge in [0.2, 0.25) is 5.91 Å². The summed E-state index contributed by atoms with van der Waals surface area (Å²) in [6.07, 6.45) is 2.64. The summed E-state index contributed by atoms with van der Waals surface area (Å²) in [5.41, 5.74) is 1.08. The van der Waals surface area contributed by atoms with Gasteiger partial charge in [-0.25, -0.2) is 9.59 Å². The molecule has 0 bridgehead atoms. The Kier molecular flexibility index (Phi) is 5.60. The van der Waals surface area contributed by atoms with Crippen molar-refractivity contribution >= 4 is 18.0 Å². The van der Waals surface area contributed by atoms with E-state index in [-0.39, 0.29) is 37.6 Å². The minimum atomic E-state index is -0.403. The molecule has 8 heteroatoms. The number of hydrogen-bond acceptors (Lipinski definition) is 4. The standard InChI is InChI=1S/C18H24N4O4/c1-26-15-7-3-2-5-13(15)11-14-6-4-9-21(14)17(24)19-8-10-22-16(23)12-20-18(22)25/h2-3,5,7,14H,4,6,8-12H2,1H3,(H,19,24)(H,20,25). The number of hydrogen-bond donors (Lipinski definition) is 2. The number of nitrogens with one attached hydrogen (secondary N) is 2. The molecule has 2 N–H and O–H groups in total. The van der Waals surface area contributed by atoms with Crippen LogP contribution in [0.25, 0.3) is 0 Å². The normalized spacial score (nSPS) is 19.7. The minimum Gasteiger partial charge on any atom is -0.496 e. The Balaban J connectivity index is 1.53. The molecule has 26 heavy (non-hydrogen) atoms. The topological polar surface area (TPSA) is 91.0 Å². The first kappa shape index (κ1) is 18.0. The highest BCUT2D eigenvalue weighted by atomic mass is 16.5. The monoisotopic (exact) mass is 360 g/mol. The molecule has 5 amide bonds. The Bertz CT molecular complexity index is 678. The summed E-state index contributed by atoms with van der Waals surface area (Å²) < 4.78 is 5.40. The molecular weight excluding hydrogens is 336 g/mol. The molecule has 0 spiro atoms. The second-order valence-electron chi connectivity index (χ2n) is 6.44. The van der Waals surface area contributed by atoms with Crippen LogP contribution < -0.4 is 15.4 Å². The number of benzene rings is 1. The summed E-state index contributed by atoms with van der Waals surface area (Å²) >= 11 is 0. The van der Waals surface area contributed by atoms with Crippen LogP contribution in [0.15, 0.2) is 24.3 Å². The van der Waals surface area contributed by atoms with Crippen LogP contribution in [0.5, 0.6) is 5.75 Å². The van der Waals surface area contributed by atoms with Crippen LogP contribution in [0.1, 0.15) is 18.4 Å². The second kappa shape index (κ2) is 8.07. The lowest BCUT2D eigenvalue weighted by Gasteiger charge is -2.26. The van der Waals surface area contributed by atoms with Gasteiger partial charge in [0.15, 0.2) is 0 Å². The van der Waals surface area contributed by atoms with E-state index in [1.807, 2.05) is 29.2 Å². The zero-order chi connectivity index (χ0) is 18.5. The van der Waals surface area contributed by atoms with Gasteiger partial charge in [0, 0.05) is 25.7 Å². The third-order valence-electron chi connectivity index (χ3n) is 4.83. The molecule has 2 aliphatic heterocycles. The summed E-state index contributed by atoms with van der Waals surface area (Å²) in [6.45, 7) is 1.16. The Morgan fingerprint density at radius 2 is 2.15 bits per heavy atom. The SMILES string of the molecule is COc1ccccc1CC1CCCN1C(=O)NCCN1C(=O)CNC1=O. The van der Waals surface area contributed by atoms with Crippen molar-refractivity contribution in [3.8, 4) is 5.75 Å². The van der Waals surface area contributed by atoms with Gasteiger partial charge in [-0.15, -0.1) is 0 Å². The van der Waals surface area contributed by atoms with Gasteiger partial charge in [-0.1, -0.05) is 18.2 Å². The summed E-state index contributed by atoms with van der Waals surface area (Å²) in [5, 5.41) is 5.28. The van der Waals surface area contributed by atoms with E-state index in [9.17, 15) is 14.4 Å². The average molecular weight is 360 g/mol.